The molecule has 1 saturated heterocycles. The Kier molecular flexibility index (Phi) is 6.69. The van der Waals surface area contributed by atoms with Gasteiger partial charge in [0.1, 0.15) is 17.3 Å². The van der Waals surface area contributed by atoms with E-state index in [0.717, 1.165) is 25.2 Å². The van der Waals surface area contributed by atoms with Crippen molar-refractivity contribution in [3.8, 4) is 11.3 Å². The molecule has 2 aromatic heterocycles. The van der Waals surface area contributed by atoms with Gasteiger partial charge in [-0.15, -0.1) is 0 Å². The maximum atomic E-state index is 14.2. The Morgan fingerprint density at radius 2 is 2.16 bits per heavy atom. The molecule has 3 heterocycles. The van der Waals surface area contributed by atoms with Crippen molar-refractivity contribution in [3.05, 3.63) is 60.1 Å². The summed E-state index contributed by atoms with van der Waals surface area (Å²) in [6.45, 7) is 7.23. The van der Waals surface area contributed by atoms with Gasteiger partial charge in [0.2, 0.25) is 0 Å². The number of imidazole rings is 1. The molecule has 1 aliphatic heterocycles. The number of piperidine rings is 1. The van der Waals surface area contributed by atoms with E-state index in [9.17, 15) is 9.18 Å². The fourth-order valence-electron chi connectivity index (χ4n) is 4.55. The lowest BCUT2D eigenvalue weighted by molar-refractivity contribution is -0.159. The second-order valence-electron chi connectivity index (χ2n) is 8.32. The van der Waals surface area contributed by atoms with Gasteiger partial charge < -0.3 is 13.8 Å². The first kappa shape index (κ1) is 22.2. The molecular formula is C24H29FN4O3. The molecule has 0 amide bonds. The van der Waals surface area contributed by atoms with Crippen LogP contribution in [0.1, 0.15) is 38.1 Å². The summed E-state index contributed by atoms with van der Waals surface area (Å²) in [6.07, 6.45) is 5.63. The first-order valence-electron chi connectivity index (χ1n) is 11.1. The van der Waals surface area contributed by atoms with Gasteiger partial charge in [0, 0.05) is 43.9 Å². The molecule has 4 rings (SSSR count). The SMILES string of the molecule is CCOC(=O)[C@@]1(Cc2cc(-c3ccccc3F)no2)CCCN(Cc2cncn2CC)C1. The van der Waals surface area contributed by atoms with E-state index < -0.39 is 5.41 Å². The third-order valence-electron chi connectivity index (χ3n) is 6.11. The Morgan fingerprint density at radius 1 is 1.31 bits per heavy atom. The monoisotopic (exact) mass is 440 g/mol. The van der Waals surface area contributed by atoms with Gasteiger partial charge in [-0.2, -0.15) is 0 Å². The summed E-state index contributed by atoms with van der Waals surface area (Å²) in [6, 6.07) is 8.18. The Morgan fingerprint density at radius 3 is 2.94 bits per heavy atom. The van der Waals surface area contributed by atoms with Crippen LogP contribution in [0.25, 0.3) is 11.3 Å². The second-order valence-corrected chi connectivity index (χ2v) is 8.32. The van der Waals surface area contributed by atoms with Gasteiger partial charge in [0.15, 0.2) is 0 Å². The third kappa shape index (κ3) is 4.60. The number of ether oxygens (including phenoxy) is 1. The number of hydrogen-bond donors (Lipinski definition) is 0. The van der Waals surface area contributed by atoms with E-state index in [2.05, 4.69) is 26.5 Å². The summed E-state index contributed by atoms with van der Waals surface area (Å²) >= 11 is 0. The number of esters is 1. The molecule has 1 fully saturated rings. The lowest BCUT2D eigenvalue weighted by Crippen LogP contribution is -2.49. The lowest BCUT2D eigenvalue weighted by Gasteiger charge is -2.40. The maximum Gasteiger partial charge on any atom is 0.313 e. The van der Waals surface area contributed by atoms with Crippen molar-refractivity contribution in [2.75, 3.05) is 19.7 Å². The lowest BCUT2D eigenvalue weighted by atomic mass is 9.76. The predicted molar refractivity (Wildman–Crippen MR) is 117 cm³/mol. The summed E-state index contributed by atoms with van der Waals surface area (Å²) in [5, 5.41) is 4.06. The van der Waals surface area contributed by atoms with Crippen LogP contribution in [0.3, 0.4) is 0 Å². The number of likely N-dealkylation sites (tertiary alicyclic amines) is 1. The number of carbonyl (C=O) groups is 1. The average Bonchev–Trinajstić information content (AvgIpc) is 3.43. The molecule has 0 N–H and O–H groups in total. The van der Waals surface area contributed by atoms with Crippen LogP contribution in [-0.4, -0.2) is 45.3 Å². The predicted octanol–water partition coefficient (Wildman–Crippen LogP) is 4.09. The normalized spacial score (nSPS) is 19.2. The quantitative estimate of drug-likeness (QED) is 0.492. The molecule has 1 aromatic carbocycles. The summed E-state index contributed by atoms with van der Waals surface area (Å²) in [4.78, 5) is 19.7. The van der Waals surface area contributed by atoms with Crippen LogP contribution >= 0.6 is 0 Å². The van der Waals surface area contributed by atoms with Crippen molar-refractivity contribution in [1.82, 2.24) is 19.6 Å². The molecule has 0 aliphatic carbocycles. The molecule has 8 heteroatoms. The number of aryl methyl sites for hydroxylation is 1. The maximum absolute atomic E-state index is 14.2. The molecule has 1 aliphatic rings. The van der Waals surface area contributed by atoms with Gasteiger partial charge in [-0.25, -0.2) is 9.37 Å². The minimum atomic E-state index is -0.739. The van der Waals surface area contributed by atoms with Gasteiger partial charge in [-0.3, -0.25) is 9.69 Å². The number of benzene rings is 1. The molecule has 1 atom stereocenters. The standard InChI is InChI=1S/C24H29FN4O3/c1-3-29-17-26-14-18(29)15-28-11-7-10-24(16-28,23(30)31-4-2)13-19-12-22(27-32-19)20-8-5-6-9-21(20)25/h5-6,8-9,12,14,17H,3-4,7,10-11,13,15-16H2,1-2H3/t24-/m1/s1. The first-order chi connectivity index (χ1) is 15.5. The average molecular weight is 441 g/mol. The zero-order chi connectivity index (χ0) is 22.6. The highest BCUT2D eigenvalue weighted by Gasteiger charge is 2.44. The van der Waals surface area contributed by atoms with Gasteiger partial charge >= 0.3 is 5.97 Å². The smallest absolute Gasteiger partial charge is 0.313 e. The first-order valence-corrected chi connectivity index (χ1v) is 11.1. The number of hydrogen-bond acceptors (Lipinski definition) is 6. The van der Waals surface area contributed by atoms with E-state index in [-0.39, 0.29) is 11.8 Å². The van der Waals surface area contributed by atoms with E-state index >= 15 is 0 Å². The van der Waals surface area contributed by atoms with Crippen molar-refractivity contribution in [3.63, 3.8) is 0 Å². The zero-order valence-corrected chi connectivity index (χ0v) is 18.6. The van der Waals surface area contributed by atoms with Crippen molar-refractivity contribution in [1.29, 1.82) is 0 Å². The fraction of sp³-hybridized carbons (Fsp3) is 0.458. The Bertz CT molecular complexity index is 1060. The molecule has 0 spiro atoms. The van der Waals surface area contributed by atoms with E-state index in [4.69, 9.17) is 9.26 Å². The van der Waals surface area contributed by atoms with E-state index in [1.54, 1.807) is 24.3 Å². The Labute approximate surface area is 187 Å². The van der Waals surface area contributed by atoms with Crippen LogP contribution in [0.4, 0.5) is 4.39 Å². The van der Waals surface area contributed by atoms with Crippen LogP contribution in [-0.2, 0) is 29.0 Å². The topological polar surface area (TPSA) is 73.4 Å². The number of rotatable bonds is 8. The molecule has 0 radical (unpaired) electrons. The third-order valence-corrected chi connectivity index (χ3v) is 6.11. The van der Waals surface area contributed by atoms with E-state index in [0.29, 0.717) is 49.6 Å². The number of nitrogens with zero attached hydrogens (tertiary/aromatic N) is 4. The van der Waals surface area contributed by atoms with Crippen molar-refractivity contribution in [2.45, 2.75) is 46.2 Å². The highest BCUT2D eigenvalue weighted by Crippen LogP contribution is 2.37. The summed E-state index contributed by atoms with van der Waals surface area (Å²) in [5.74, 6) is -0.0295. The number of halogens is 1. The number of carbonyl (C=O) groups excluding carboxylic acids is 1. The summed E-state index contributed by atoms with van der Waals surface area (Å²) in [7, 11) is 0. The summed E-state index contributed by atoms with van der Waals surface area (Å²) in [5.41, 5.74) is 1.19. The molecule has 32 heavy (non-hydrogen) atoms. The Balaban J connectivity index is 1.57. The fourth-order valence-corrected chi connectivity index (χ4v) is 4.55. The van der Waals surface area contributed by atoms with E-state index in [1.807, 2.05) is 19.4 Å². The Hall–Kier alpha value is -3.00. The van der Waals surface area contributed by atoms with Crippen molar-refractivity contribution < 1.29 is 18.4 Å². The van der Waals surface area contributed by atoms with Gasteiger partial charge in [-0.05, 0) is 45.4 Å². The molecule has 0 unspecified atom stereocenters. The highest BCUT2D eigenvalue weighted by molar-refractivity contribution is 5.77. The molecule has 3 aromatic rings. The molecule has 7 nitrogen and oxygen atoms in total. The van der Waals surface area contributed by atoms with Crippen LogP contribution in [0.15, 0.2) is 47.4 Å². The minimum absolute atomic E-state index is 0.224. The van der Waals surface area contributed by atoms with Gasteiger partial charge in [0.25, 0.3) is 0 Å². The van der Waals surface area contributed by atoms with Crippen molar-refractivity contribution in [2.24, 2.45) is 5.41 Å². The van der Waals surface area contributed by atoms with Crippen LogP contribution < -0.4 is 0 Å². The second kappa shape index (κ2) is 9.65. The molecular weight excluding hydrogens is 411 g/mol. The van der Waals surface area contributed by atoms with Gasteiger partial charge in [-0.1, -0.05) is 17.3 Å². The van der Waals surface area contributed by atoms with E-state index in [1.165, 1.54) is 6.07 Å². The van der Waals surface area contributed by atoms with Crippen LogP contribution in [0, 0.1) is 11.2 Å². The molecule has 0 bridgehead atoms. The van der Waals surface area contributed by atoms with Crippen molar-refractivity contribution >= 4 is 5.97 Å². The van der Waals surface area contributed by atoms with Crippen LogP contribution in [0.5, 0.6) is 0 Å². The molecule has 0 saturated carbocycles. The van der Waals surface area contributed by atoms with Crippen LogP contribution in [0.2, 0.25) is 0 Å². The zero-order valence-electron chi connectivity index (χ0n) is 18.6. The molecule has 170 valence electrons. The minimum Gasteiger partial charge on any atom is -0.466 e. The largest absolute Gasteiger partial charge is 0.466 e. The van der Waals surface area contributed by atoms with Gasteiger partial charge in [0.05, 0.1) is 24.0 Å². The number of aromatic nitrogens is 3. The summed E-state index contributed by atoms with van der Waals surface area (Å²) < 4.78 is 27.3. The highest BCUT2D eigenvalue weighted by atomic mass is 19.1.